The van der Waals surface area contributed by atoms with E-state index < -0.39 is 5.92 Å². The molecule has 8 nitrogen and oxygen atoms in total. The van der Waals surface area contributed by atoms with Gasteiger partial charge in [-0.25, -0.2) is 4.98 Å². The largest absolute Gasteiger partial charge is 0.497 e. The Morgan fingerprint density at radius 2 is 1.91 bits per heavy atom. The summed E-state index contributed by atoms with van der Waals surface area (Å²) in [6.45, 7) is 5.03. The number of amides is 2. The van der Waals surface area contributed by atoms with Crippen LogP contribution in [0, 0.1) is 17.2 Å². The van der Waals surface area contributed by atoms with Gasteiger partial charge in [0, 0.05) is 45.3 Å². The first-order valence-electron chi connectivity index (χ1n) is 11.9. The molecule has 2 aromatic rings. The van der Waals surface area contributed by atoms with Gasteiger partial charge in [-0.2, -0.15) is 5.26 Å². The lowest BCUT2D eigenvalue weighted by Crippen LogP contribution is -2.51. The van der Waals surface area contributed by atoms with Crippen LogP contribution in [-0.4, -0.2) is 66.4 Å². The molecule has 0 radical (unpaired) electrons. The van der Waals surface area contributed by atoms with Crippen LogP contribution in [0.25, 0.3) is 0 Å². The second-order valence-electron chi connectivity index (χ2n) is 8.77. The zero-order valence-corrected chi connectivity index (χ0v) is 19.8. The fourth-order valence-electron chi connectivity index (χ4n) is 4.93. The third-order valence-electron chi connectivity index (χ3n) is 6.76. The van der Waals surface area contributed by atoms with Crippen LogP contribution < -0.4 is 9.64 Å². The number of nitriles is 1. The first kappa shape index (κ1) is 23.6. The molecule has 0 saturated carbocycles. The summed E-state index contributed by atoms with van der Waals surface area (Å²) in [5, 5.41) is 9.39. The average molecular weight is 462 g/mol. The summed E-state index contributed by atoms with van der Waals surface area (Å²) in [5.74, 6) is 1.06. The highest BCUT2D eigenvalue weighted by Crippen LogP contribution is 2.40. The van der Waals surface area contributed by atoms with Crippen LogP contribution in [0.4, 0.5) is 5.82 Å². The minimum atomic E-state index is -0.408. The van der Waals surface area contributed by atoms with Crippen LogP contribution in [0.3, 0.4) is 0 Å². The van der Waals surface area contributed by atoms with Crippen molar-refractivity contribution < 1.29 is 14.3 Å². The number of methoxy groups -OCH3 is 1. The molecule has 8 heteroatoms. The Bertz CT molecular complexity index is 1060. The zero-order chi connectivity index (χ0) is 24.1. The lowest BCUT2D eigenvalue weighted by Gasteiger charge is -2.38. The number of likely N-dealkylation sites (tertiary alicyclic amines) is 1. The van der Waals surface area contributed by atoms with Crippen LogP contribution in [-0.2, 0) is 9.59 Å². The molecule has 1 aromatic heterocycles. The Kier molecular flexibility index (Phi) is 7.31. The van der Waals surface area contributed by atoms with E-state index in [-0.39, 0.29) is 24.3 Å². The highest BCUT2D eigenvalue weighted by Gasteiger charge is 2.45. The number of anilines is 1. The van der Waals surface area contributed by atoms with E-state index in [1.807, 2.05) is 34.1 Å². The van der Waals surface area contributed by atoms with Gasteiger partial charge in [-0.15, -0.1) is 0 Å². The van der Waals surface area contributed by atoms with Crippen molar-refractivity contribution in [2.24, 2.45) is 5.92 Å². The van der Waals surface area contributed by atoms with Crippen LogP contribution >= 0.6 is 0 Å². The number of benzene rings is 1. The Balaban J connectivity index is 1.51. The van der Waals surface area contributed by atoms with E-state index in [4.69, 9.17) is 4.74 Å². The van der Waals surface area contributed by atoms with Gasteiger partial charge in [0.2, 0.25) is 11.8 Å². The number of hydrogen-bond donors (Lipinski definition) is 0. The molecule has 2 aliphatic rings. The quantitative estimate of drug-likeness (QED) is 0.630. The van der Waals surface area contributed by atoms with Crippen molar-refractivity contribution >= 4 is 17.6 Å². The Labute approximate surface area is 200 Å². The highest BCUT2D eigenvalue weighted by molar-refractivity contribution is 5.90. The van der Waals surface area contributed by atoms with Crippen LogP contribution in [0.2, 0.25) is 0 Å². The van der Waals surface area contributed by atoms with Gasteiger partial charge in [-0.3, -0.25) is 9.59 Å². The van der Waals surface area contributed by atoms with Crippen molar-refractivity contribution in [3.05, 3.63) is 53.7 Å². The van der Waals surface area contributed by atoms with Gasteiger partial charge in [0.15, 0.2) is 0 Å². The van der Waals surface area contributed by atoms with E-state index in [9.17, 15) is 14.9 Å². The van der Waals surface area contributed by atoms with Crippen molar-refractivity contribution in [1.29, 1.82) is 5.26 Å². The fourth-order valence-corrected chi connectivity index (χ4v) is 4.93. The number of rotatable bonds is 7. The van der Waals surface area contributed by atoms with Crippen molar-refractivity contribution in [1.82, 2.24) is 14.8 Å². The van der Waals surface area contributed by atoms with Gasteiger partial charge in [0.1, 0.15) is 17.6 Å². The third-order valence-corrected chi connectivity index (χ3v) is 6.76. The summed E-state index contributed by atoms with van der Waals surface area (Å²) in [6, 6.07) is 13.1. The number of carbonyl (C=O) groups is 2. The zero-order valence-electron chi connectivity index (χ0n) is 19.8. The molecule has 2 atom stereocenters. The van der Waals surface area contributed by atoms with E-state index in [1.54, 1.807) is 25.4 Å². The second kappa shape index (κ2) is 10.6. The number of pyridine rings is 1. The summed E-state index contributed by atoms with van der Waals surface area (Å²) >= 11 is 0. The number of piperazine rings is 1. The normalized spacial score (nSPS) is 20.4. The summed E-state index contributed by atoms with van der Waals surface area (Å²) in [5.41, 5.74) is 1.50. The molecule has 4 rings (SSSR count). The Morgan fingerprint density at radius 3 is 2.56 bits per heavy atom. The minimum Gasteiger partial charge on any atom is -0.497 e. The minimum absolute atomic E-state index is 0.0225. The molecule has 0 aliphatic carbocycles. The molecule has 0 bridgehead atoms. The fraction of sp³-hybridized carbons (Fsp3) is 0.462. The molecule has 34 heavy (non-hydrogen) atoms. The average Bonchev–Trinajstić information content (AvgIpc) is 3.22. The molecule has 0 spiro atoms. The van der Waals surface area contributed by atoms with E-state index in [1.165, 1.54) is 0 Å². The summed E-state index contributed by atoms with van der Waals surface area (Å²) in [4.78, 5) is 36.8. The Morgan fingerprint density at radius 1 is 1.18 bits per heavy atom. The van der Waals surface area contributed by atoms with Crippen molar-refractivity contribution in [3.63, 3.8) is 0 Å². The predicted molar refractivity (Wildman–Crippen MR) is 128 cm³/mol. The first-order valence-corrected chi connectivity index (χ1v) is 11.9. The molecule has 2 fully saturated rings. The lowest BCUT2D eigenvalue weighted by atomic mass is 9.91. The standard InChI is InChI=1S/C26H31N5O3/c1-3-4-12-31-23(32)17-22(24(31)19-7-9-21(34-2)10-8-19)26(33)30-15-13-29(14-16-30)25-20(18-27)6-5-11-28-25/h5-11,22,24H,3-4,12-17H2,1-2H3. The summed E-state index contributed by atoms with van der Waals surface area (Å²) < 4.78 is 5.29. The van der Waals surface area contributed by atoms with Crippen LogP contribution in [0.15, 0.2) is 42.6 Å². The third kappa shape index (κ3) is 4.69. The SMILES string of the molecule is CCCCN1C(=O)CC(C(=O)N2CCN(c3ncccc3C#N)CC2)C1c1ccc(OC)cc1. The molecule has 0 N–H and O–H groups in total. The van der Waals surface area contributed by atoms with Gasteiger partial charge in [-0.1, -0.05) is 25.5 Å². The van der Waals surface area contributed by atoms with E-state index in [0.717, 1.165) is 24.2 Å². The van der Waals surface area contributed by atoms with Crippen molar-refractivity contribution in [3.8, 4) is 11.8 Å². The van der Waals surface area contributed by atoms with Gasteiger partial charge in [0.25, 0.3) is 0 Å². The summed E-state index contributed by atoms with van der Waals surface area (Å²) in [7, 11) is 1.62. The second-order valence-corrected chi connectivity index (χ2v) is 8.77. The Hall–Kier alpha value is -3.60. The van der Waals surface area contributed by atoms with Crippen molar-refractivity contribution in [2.75, 3.05) is 44.7 Å². The van der Waals surface area contributed by atoms with E-state index in [2.05, 4.69) is 22.9 Å². The van der Waals surface area contributed by atoms with Gasteiger partial charge >= 0.3 is 0 Å². The number of carbonyl (C=O) groups excluding carboxylic acids is 2. The van der Waals surface area contributed by atoms with E-state index >= 15 is 0 Å². The maximum absolute atomic E-state index is 13.7. The predicted octanol–water partition coefficient (Wildman–Crippen LogP) is 3.00. The molecular formula is C26H31N5O3. The first-order chi connectivity index (χ1) is 16.6. The van der Waals surface area contributed by atoms with Gasteiger partial charge in [0.05, 0.1) is 24.6 Å². The highest BCUT2D eigenvalue weighted by atomic mass is 16.5. The molecule has 178 valence electrons. The van der Waals surface area contributed by atoms with Gasteiger partial charge < -0.3 is 19.4 Å². The van der Waals surface area contributed by atoms with E-state index in [0.29, 0.717) is 44.1 Å². The molecule has 2 unspecified atom stereocenters. The number of nitrogens with zero attached hydrogens (tertiary/aromatic N) is 5. The number of hydrogen-bond acceptors (Lipinski definition) is 6. The monoisotopic (exact) mass is 461 g/mol. The maximum Gasteiger partial charge on any atom is 0.228 e. The number of ether oxygens (including phenoxy) is 1. The molecular weight excluding hydrogens is 430 g/mol. The van der Waals surface area contributed by atoms with Crippen LogP contribution in [0.5, 0.6) is 5.75 Å². The summed E-state index contributed by atoms with van der Waals surface area (Å²) in [6.07, 6.45) is 3.81. The molecule has 2 saturated heterocycles. The smallest absolute Gasteiger partial charge is 0.228 e. The molecule has 3 heterocycles. The maximum atomic E-state index is 13.7. The molecule has 2 aliphatic heterocycles. The van der Waals surface area contributed by atoms with Crippen LogP contribution in [0.1, 0.15) is 43.4 Å². The van der Waals surface area contributed by atoms with Gasteiger partial charge in [-0.05, 0) is 36.2 Å². The topological polar surface area (TPSA) is 89.8 Å². The number of unbranched alkanes of at least 4 members (excludes halogenated alkanes) is 1. The van der Waals surface area contributed by atoms with Crippen molar-refractivity contribution in [2.45, 2.75) is 32.2 Å². The molecule has 2 amide bonds. The number of aromatic nitrogens is 1. The lowest BCUT2D eigenvalue weighted by molar-refractivity contribution is -0.136. The molecule has 1 aromatic carbocycles.